The molecule has 0 aliphatic carbocycles. The predicted octanol–water partition coefficient (Wildman–Crippen LogP) is 3.31. The average Bonchev–Trinajstić information content (AvgIpc) is 2.26. The Bertz CT molecular complexity index is 621. The highest BCUT2D eigenvalue weighted by molar-refractivity contribution is 6.30. The maximum Gasteiger partial charge on any atom is 0.260 e. The van der Waals surface area contributed by atoms with Crippen molar-refractivity contribution in [1.82, 2.24) is 4.98 Å². The Morgan fingerprint density at radius 2 is 2.00 bits per heavy atom. The smallest absolute Gasteiger partial charge is 0.260 e. The third-order valence-electron chi connectivity index (χ3n) is 2.54. The summed E-state index contributed by atoms with van der Waals surface area (Å²) in [6, 6.07) is 8.01. The van der Waals surface area contributed by atoms with Gasteiger partial charge in [-0.25, -0.2) is 4.98 Å². The number of aromatic hydroxyl groups is 1. The minimum Gasteiger partial charge on any atom is -0.507 e. The van der Waals surface area contributed by atoms with Gasteiger partial charge in [0.15, 0.2) is 0 Å². The first kappa shape index (κ1) is 13.4. The van der Waals surface area contributed by atoms with Gasteiger partial charge in [0.05, 0.1) is 5.56 Å². The maximum atomic E-state index is 12.0. The van der Waals surface area contributed by atoms with E-state index in [9.17, 15) is 9.90 Å². The molecule has 0 saturated heterocycles. The van der Waals surface area contributed by atoms with Crippen molar-refractivity contribution in [2.24, 2.45) is 0 Å². The number of carbonyl (C=O) groups is 1. The molecule has 1 aromatic carbocycles. The Balaban J connectivity index is 2.25. The number of halogens is 1. The number of anilines is 1. The molecule has 98 valence electrons. The largest absolute Gasteiger partial charge is 0.507 e. The van der Waals surface area contributed by atoms with Gasteiger partial charge in [0.25, 0.3) is 5.91 Å². The van der Waals surface area contributed by atoms with Crippen molar-refractivity contribution >= 4 is 23.3 Å². The second kappa shape index (κ2) is 5.28. The van der Waals surface area contributed by atoms with Gasteiger partial charge in [-0.15, -0.1) is 0 Å². The van der Waals surface area contributed by atoms with Crippen molar-refractivity contribution in [1.29, 1.82) is 0 Å². The highest BCUT2D eigenvalue weighted by Gasteiger charge is 2.12. The fourth-order valence-electron chi connectivity index (χ4n) is 1.79. The molecule has 1 amide bonds. The topological polar surface area (TPSA) is 62.2 Å². The highest BCUT2D eigenvalue weighted by Crippen LogP contribution is 2.22. The van der Waals surface area contributed by atoms with E-state index in [1.807, 2.05) is 19.9 Å². The van der Waals surface area contributed by atoms with Crippen LogP contribution >= 0.6 is 11.6 Å². The molecule has 0 unspecified atom stereocenters. The highest BCUT2D eigenvalue weighted by atomic mass is 35.5. The van der Waals surface area contributed by atoms with Crippen LogP contribution in [-0.2, 0) is 0 Å². The van der Waals surface area contributed by atoms with Crippen LogP contribution < -0.4 is 5.32 Å². The molecule has 0 spiro atoms. The number of amides is 1. The summed E-state index contributed by atoms with van der Waals surface area (Å²) in [4.78, 5) is 16.2. The van der Waals surface area contributed by atoms with Gasteiger partial charge in [0.1, 0.15) is 11.6 Å². The molecule has 19 heavy (non-hydrogen) atoms. The molecule has 2 aromatic rings. The van der Waals surface area contributed by atoms with E-state index in [1.165, 1.54) is 12.1 Å². The number of phenols is 1. The summed E-state index contributed by atoms with van der Waals surface area (Å²) in [5.74, 6) is -0.127. The Hall–Kier alpha value is -2.07. The molecule has 1 heterocycles. The first-order chi connectivity index (χ1) is 8.95. The molecule has 0 aliphatic rings. The van der Waals surface area contributed by atoms with E-state index in [0.717, 1.165) is 11.3 Å². The SMILES string of the molecule is Cc1cc(C)nc(NC(=O)c2ccc(Cl)cc2O)c1. The fourth-order valence-corrected chi connectivity index (χ4v) is 1.95. The molecule has 2 N–H and O–H groups in total. The minimum absolute atomic E-state index is 0.158. The number of aromatic nitrogens is 1. The number of benzene rings is 1. The summed E-state index contributed by atoms with van der Waals surface area (Å²) in [5, 5.41) is 12.7. The summed E-state index contributed by atoms with van der Waals surface area (Å²) in [5.41, 5.74) is 1.98. The summed E-state index contributed by atoms with van der Waals surface area (Å²) in [6.07, 6.45) is 0. The number of hydrogen-bond acceptors (Lipinski definition) is 3. The van der Waals surface area contributed by atoms with Crippen LogP contribution in [0, 0.1) is 13.8 Å². The lowest BCUT2D eigenvalue weighted by molar-refractivity contribution is 0.102. The van der Waals surface area contributed by atoms with Crippen molar-refractivity contribution in [2.75, 3.05) is 5.32 Å². The summed E-state index contributed by atoms with van der Waals surface area (Å²) in [6.45, 7) is 3.77. The van der Waals surface area contributed by atoms with Crippen molar-refractivity contribution in [3.05, 3.63) is 52.2 Å². The van der Waals surface area contributed by atoms with Gasteiger partial charge in [-0.05, 0) is 49.7 Å². The number of rotatable bonds is 2. The number of aryl methyl sites for hydroxylation is 2. The van der Waals surface area contributed by atoms with E-state index in [1.54, 1.807) is 12.1 Å². The van der Waals surface area contributed by atoms with Crippen LogP contribution in [0.3, 0.4) is 0 Å². The number of pyridine rings is 1. The molecule has 5 heteroatoms. The summed E-state index contributed by atoms with van der Waals surface area (Å²) >= 11 is 5.72. The Morgan fingerprint density at radius 3 is 2.63 bits per heavy atom. The normalized spacial score (nSPS) is 10.3. The van der Waals surface area contributed by atoms with Crippen LogP contribution in [0.5, 0.6) is 5.75 Å². The number of nitrogens with one attached hydrogen (secondary N) is 1. The first-order valence-electron chi connectivity index (χ1n) is 5.71. The maximum absolute atomic E-state index is 12.0. The molecule has 1 aromatic heterocycles. The molecule has 2 rings (SSSR count). The van der Waals surface area contributed by atoms with E-state index in [4.69, 9.17) is 11.6 Å². The van der Waals surface area contributed by atoms with Gasteiger partial charge in [0.2, 0.25) is 0 Å². The van der Waals surface area contributed by atoms with Gasteiger partial charge >= 0.3 is 0 Å². The number of nitrogens with zero attached hydrogens (tertiary/aromatic N) is 1. The lowest BCUT2D eigenvalue weighted by Crippen LogP contribution is -2.13. The monoisotopic (exact) mass is 276 g/mol. The quantitative estimate of drug-likeness (QED) is 0.884. The van der Waals surface area contributed by atoms with E-state index >= 15 is 0 Å². The first-order valence-corrected chi connectivity index (χ1v) is 6.08. The van der Waals surface area contributed by atoms with Crippen molar-refractivity contribution < 1.29 is 9.90 Å². The number of phenolic OH excluding ortho intramolecular Hbond substituents is 1. The van der Waals surface area contributed by atoms with Crippen molar-refractivity contribution in [3.8, 4) is 5.75 Å². The van der Waals surface area contributed by atoms with Gasteiger partial charge in [0, 0.05) is 10.7 Å². The zero-order valence-electron chi connectivity index (χ0n) is 10.6. The number of hydrogen-bond donors (Lipinski definition) is 2. The third-order valence-corrected chi connectivity index (χ3v) is 2.78. The van der Waals surface area contributed by atoms with E-state index in [-0.39, 0.29) is 11.3 Å². The Kier molecular flexibility index (Phi) is 3.71. The second-order valence-corrected chi connectivity index (χ2v) is 4.72. The fraction of sp³-hybridized carbons (Fsp3) is 0.143. The lowest BCUT2D eigenvalue weighted by atomic mass is 10.2. The summed E-state index contributed by atoms with van der Waals surface area (Å²) < 4.78 is 0. The molecule has 0 aliphatic heterocycles. The average molecular weight is 277 g/mol. The zero-order chi connectivity index (χ0) is 14.0. The molecule has 4 nitrogen and oxygen atoms in total. The van der Waals surface area contributed by atoms with Crippen LogP contribution in [0.1, 0.15) is 21.6 Å². The van der Waals surface area contributed by atoms with Crippen LogP contribution in [0.25, 0.3) is 0 Å². The van der Waals surface area contributed by atoms with Crippen LogP contribution in [0.2, 0.25) is 5.02 Å². The molecular weight excluding hydrogens is 264 g/mol. The third kappa shape index (κ3) is 3.23. The Morgan fingerprint density at radius 1 is 1.26 bits per heavy atom. The molecule has 0 saturated carbocycles. The van der Waals surface area contributed by atoms with Gasteiger partial charge in [-0.2, -0.15) is 0 Å². The van der Waals surface area contributed by atoms with Gasteiger partial charge in [-0.1, -0.05) is 11.6 Å². The molecule has 0 radical (unpaired) electrons. The van der Waals surface area contributed by atoms with Gasteiger partial charge < -0.3 is 10.4 Å². The lowest BCUT2D eigenvalue weighted by Gasteiger charge is -2.08. The number of carbonyl (C=O) groups excluding carboxylic acids is 1. The molecule has 0 atom stereocenters. The van der Waals surface area contributed by atoms with E-state index < -0.39 is 5.91 Å². The molecule has 0 bridgehead atoms. The minimum atomic E-state index is -0.424. The molecular formula is C14H13ClN2O2. The zero-order valence-corrected chi connectivity index (χ0v) is 11.3. The van der Waals surface area contributed by atoms with Crippen molar-refractivity contribution in [2.45, 2.75) is 13.8 Å². The predicted molar refractivity (Wildman–Crippen MR) is 74.8 cm³/mol. The second-order valence-electron chi connectivity index (χ2n) is 4.29. The standard InChI is InChI=1S/C14H13ClN2O2/c1-8-5-9(2)16-13(6-8)17-14(19)11-4-3-10(15)7-12(11)18/h3-7,18H,1-2H3,(H,16,17,19). The van der Waals surface area contributed by atoms with E-state index in [0.29, 0.717) is 10.8 Å². The van der Waals surface area contributed by atoms with Crippen LogP contribution in [0.15, 0.2) is 30.3 Å². The van der Waals surface area contributed by atoms with Crippen LogP contribution in [0.4, 0.5) is 5.82 Å². The van der Waals surface area contributed by atoms with E-state index in [2.05, 4.69) is 10.3 Å². The van der Waals surface area contributed by atoms with Crippen molar-refractivity contribution in [3.63, 3.8) is 0 Å². The van der Waals surface area contributed by atoms with Crippen LogP contribution in [-0.4, -0.2) is 16.0 Å². The molecule has 0 fully saturated rings. The Labute approximate surface area is 116 Å². The summed E-state index contributed by atoms with van der Waals surface area (Å²) in [7, 11) is 0. The van der Waals surface area contributed by atoms with Gasteiger partial charge in [-0.3, -0.25) is 4.79 Å².